The van der Waals surface area contributed by atoms with Crippen molar-refractivity contribution in [2.75, 3.05) is 6.54 Å². The lowest BCUT2D eigenvalue weighted by atomic mass is 9.75. The van der Waals surface area contributed by atoms with Gasteiger partial charge >= 0.3 is 0 Å². The summed E-state index contributed by atoms with van der Waals surface area (Å²) < 4.78 is 0. The number of aromatic nitrogens is 1. The zero-order valence-electron chi connectivity index (χ0n) is 13.4. The maximum atomic E-state index is 4.39. The van der Waals surface area contributed by atoms with Gasteiger partial charge < -0.3 is 5.32 Å². The minimum Gasteiger partial charge on any atom is -0.310 e. The summed E-state index contributed by atoms with van der Waals surface area (Å²) in [4.78, 5) is 4.39. The van der Waals surface area contributed by atoms with E-state index in [1.54, 1.807) is 0 Å². The van der Waals surface area contributed by atoms with E-state index in [9.17, 15) is 0 Å². The average molecular weight is 274 g/mol. The maximum absolute atomic E-state index is 4.39. The van der Waals surface area contributed by atoms with Crippen molar-refractivity contribution in [1.29, 1.82) is 0 Å². The number of hydrogen-bond donors (Lipinski definition) is 1. The van der Waals surface area contributed by atoms with E-state index >= 15 is 0 Å². The number of hydrogen-bond acceptors (Lipinski definition) is 2. The van der Waals surface area contributed by atoms with E-state index < -0.39 is 0 Å². The molecule has 112 valence electrons. The molecule has 0 aliphatic heterocycles. The Morgan fingerprint density at radius 1 is 1.20 bits per heavy atom. The first-order valence-electron chi connectivity index (χ1n) is 8.39. The molecule has 1 aliphatic carbocycles. The Hall–Kier alpha value is -0.890. The molecule has 0 radical (unpaired) electrons. The van der Waals surface area contributed by atoms with Crippen LogP contribution >= 0.6 is 0 Å². The summed E-state index contributed by atoms with van der Waals surface area (Å²) in [5.74, 6) is 1.76. The van der Waals surface area contributed by atoms with Gasteiger partial charge in [-0.2, -0.15) is 0 Å². The van der Waals surface area contributed by atoms with Crippen LogP contribution in [0.25, 0.3) is 0 Å². The summed E-state index contributed by atoms with van der Waals surface area (Å²) in [6.45, 7) is 7.69. The maximum Gasteiger partial charge on any atom is 0.0363 e. The molecule has 1 heterocycles. The second kappa shape index (κ2) is 7.78. The molecule has 1 aliphatic rings. The molecule has 1 aromatic heterocycles. The van der Waals surface area contributed by atoms with Crippen LogP contribution in [0.3, 0.4) is 0 Å². The fraction of sp³-hybridized carbons (Fsp3) is 0.722. The Bertz CT molecular complexity index is 394. The topological polar surface area (TPSA) is 24.9 Å². The summed E-state index contributed by atoms with van der Waals surface area (Å²) >= 11 is 0. The standard InChI is InChI=1S/C18H30N2/c1-4-6-15-7-9-16(10-8-15)18(20-5-2)17-11-14(3)12-19-13-17/h11-13,15-16,18,20H,4-10H2,1-3H3. The molecule has 1 fully saturated rings. The van der Waals surface area contributed by atoms with Crippen LogP contribution in [0, 0.1) is 18.8 Å². The van der Waals surface area contributed by atoms with Crippen LogP contribution in [0.1, 0.15) is 69.5 Å². The number of aryl methyl sites for hydroxylation is 1. The molecule has 0 spiro atoms. The lowest BCUT2D eigenvalue weighted by Gasteiger charge is -2.34. The van der Waals surface area contributed by atoms with E-state index in [1.807, 2.05) is 6.20 Å². The largest absolute Gasteiger partial charge is 0.310 e. The third kappa shape index (κ3) is 4.05. The predicted octanol–water partition coefficient (Wildman–Crippen LogP) is 4.65. The fourth-order valence-electron chi connectivity index (χ4n) is 3.74. The fourth-order valence-corrected chi connectivity index (χ4v) is 3.74. The van der Waals surface area contributed by atoms with Crippen LogP contribution in [0.15, 0.2) is 18.5 Å². The van der Waals surface area contributed by atoms with Crippen LogP contribution in [0.2, 0.25) is 0 Å². The van der Waals surface area contributed by atoms with Gasteiger partial charge in [0.25, 0.3) is 0 Å². The first-order chi connectivity index (χ1) is 9.74. The van der Waals surface area contributed by atoms with Gasteiger partial charge in [0.1, 0.15) is 0 Å². The van der Waals surface area contributed by atoms with E-state index in [0.717, 1.165) is 18.4 Å². The van der Waals surface area contributed by atoms with Crippen molar-refractivity contribution in [2.45, 2.75) is 65.3 Å². The van der Waals surface area contributed by atoms with Crippen LogP contribution in [0.5, 0.6) is 0 Å². The van der Waals surface area contributed by atoms with E-state index in [0.29, 0.717) is 6.04 Å². The van der Waals surface area contributed by atoms with Gasteiger partial charge in [-0.15, -0.1) is 0 Å². The Balaban J connectivity index is 2.02. The van der Waals surface area contributed by atoms with Gasteiger partial charge in [-0.1, -0.05) is 45.6 Å². The summed E-state index contributed by atoms with van der Waals surface area (Å²) in [5.41, 5.74) is 2.65. The van der Waals surface area contributed by atoms with Gasteiger partial charge in [0.05, 0.1) is 0 Å². The molecule has 0 amide bonds. The Morgan fingerprint density at radius 3 is 2.55 bits per heavy atom. The van der Waals surface area contributed by atoms with Crippen LogP contribution in [-0.4, -0.2) is 11.5 Å². The number of pyridine rings is 1. The van der Waals surface area contributed by atoms with Gasteiger partial charge in [-0.05, 0) is 49.3 Å². The van der Waals surface area contributed by atoms with Gasteiger partial charge in [0.15, 0.2) is 0 Å². The van der Waals surface area contributed by atoms with Crippen molar-refractivity contribution in [3.63, 3.8) is 0 Å². The summed E-state index contributed by atoms with van der Waals surface area (Å²) in [6, 6.07) is 2.80. The molecule has 0 saturated heterocycles. The van der Waals surface area contributed by atoms with E-state index in [1.165, 1.54) is 49.7 Å². The molecular weight excluding hydrogens is 244 g/mol. The lowest BCUT2D eigenvalue weighted by molar-refractivity contribution is 0.215. The zero-order chi connectivity index (χ0) is 14.4. The molecule has 1 aromatic rings. The molecule has 0 bridgehead atoms. The number of nitrogens with one attached hydrogen (secondary N) is 1. The highest BCUT2D eigenvalue weighted by atomic mass is 14.9. The van der Waals surface area contributed by atoms with Crippen molar-refractivity contribution < 1.29 is 0 Å². The van der Waals surface area contributed by atoms with Gasteiger partial charge in [-0.25, -0.2) is 0 Å². The molecule has 1 unspecified atom stereocenters. The monoisotopic (exact) mass is 274 g/mol. The normalized spacial score (nSPS) is 24.6. The van der Waals surface area contributed by atoms with Crippen LogP contribution in [0.4, 0.5) is 0 Å². The summed E-state index contributed by atoms with van der Waals surface area (Å²) in [7, 11) is 0. The SMILES string of the molecule is CCCC1CCC(C(NCC)c2cncc(C)c2)CC1. The highest BCUT2D eigenvalue weighted by Gasteiger charge is 2.28. The third-order valence-corrected chi connectivity index (χ3v) is 4.74. The molecule has 2 nitrogen and oxygen atoms in total. The molecular formula is C18H30N2. The van der Waals surface area contributed by atoms with Crippen LogP contribution in [-0.2, 0) is 0 Å². The quantitative estimate of drug-likeness (QED) is 0.817. The van der Waals surface area contributed by atoms with Gasteiger partial charge in [0, 0.05) is 18.4 Å². The van der Waals surface area contributed by atoms with E-state index in [2.05, 4.69) is 43.3 Å². The van der Waals surface area contributed by atoms with Gasteiger partial charge in [0.2, 0.25) is 0 Å². The molecule has 1 atom stereocenters. The van der Waals surface area contributed by atoms with Gasteiger partial charge in [-0.3, -0.25) is 4.98 Å². The van der Waals surface area contributed by atoms with E-state index in [4.69, 9.17) is 0 Å². The summed E-state index contributed by atoms with van der Waals surface area (Å²) in [6.07, 6.45) is 12.3. The molecule has 0 aromatic carbocycles. The first-order valence-corrected chi connectivity index (χ1v) is 8.39. The van der Waals surface area contributed by atoms with Crippen LogP contribution < -0.4 is 5.32 Å². The predicted molar refractivity (Wildman–Crippen MR) is 85.7 cm³/mol. The van der Waals surface area contributed by atoms with Crippen molar-refractivity contribution in [3.05, 3.63) is 29.6 Å². The third-order valence-electron chi connectivity index (χ3n) is 4.74. The van der Waals surface area contributed by atoms with Crippen molar-refractivity contribution in [2.24, 2.45) is 11.8 Å². The van der Waals surface area contributed by atoms with Crippen molar-refractivity contribution in [3.8, 4) is 0 Å². The van der Waals surface area contributed by atoms with E-state index in [-0.39, 0.29) is 0 Å². The summed E-state index contributed by atoms with van der Waals surface area (Å²) in [5, 5.41) is 3.70. The smallest absolute Gasteiger partial charge is 0.0363 e. The molecule has 1 N–H and O–H groups in total. The first kappa shape index (κ1) is 15.5. The van der Waals surface area contributed by atoms with Crippen molar-refractivity contribution >= 4 is 0 Å². The minimum atomic E-state index is 0.495. The highest BCUT2D eigenvalue weighted by Crippen LogP contribution is 2.38. The molecule has 2 rings (SSSR count). The van der Waals surface area contributed by atoms with Crippen molar-refractivity contribution in [1.82, 2.24) is 10.3 Å². The zero-order valence-corrected chi connectivity index (χ0v) is 13.4. The average Bonchev–Trinajstić information content (AvgIpc) is 2.46. The lowest BCUT2D eigenvalue weighted by Crippen LogP contribution is -2.31. The minimum absolute atomic E-state index is 0.495. The second-order valence-corrected chi connectivity index (χ2v) is 6.40. The Labute approximate surface area is 124 Å². The molecule has 1 saturated carbocycles. The molecule has 2 heteroatoms. The second-order valence-electron chi connectivity index (χ2n) is 6.40. The Morgan fingerprint density at radius 2 is 1.95 bits per heavy atom. The highest BCUT2D eigenvalue weighted by molar-refractivity contribution is 5.21. The number of nitrogens with zero attached hydrogens (tertiary/aromatic N) is 1. The number of rotatable bonds is 6. The molecule has 20 heavy (non-hydrogen) atoms. The Kier molecular flexibility index (Phi) is 6.03.